The number of benzene rings is 1. The van der Waals surface area contributed by atoms with Crippen LogP contribution in [-0.2, 0) is 11.2 Å². The van der Waals surface area contributed by atoms with Crippen molar-refractivity contribution < 1.29 is 4.79 Å². The Balaban J connectivity index is 1.98. The molecule has 0 amide bonds. The Bertz CT molecular complexity index is 511. The number of nitrogens with two attached hydrogens (primary N) is 1. The number of carbonyl (C=O) groups is 1. The Morgan fingerprint density at radius 1 is 1.11 bits per heavy atom. The van der Waals surface area contributed by atoms with E-state index in [0.29, 0.717) is 13.0 Å². The monoisotopic (exact) mass is 254 g/mol. The lowest BCUT2D eigenvalue weighted by Gasteiger charge is -2.13. The van der Waals surface area contributed by atoms with E-state index in [1.807, 2.05) is 42.5 Å². The second-order valence-corrected chi connectivity index (χ2v) is 4.52. The molecule has 0 aliphatic rings. The van der Waals surface area contributed by atoms with Gasteiger partial charge in [0, 0.05) is 25.4 Å². The first kappa shape index (κ1) is 13.4. The number of rotatable bonds is 6. The highest BCUT2D eigenvalue weighted by Crippen LogP contribution is 2.17. The zero-order valence-electron chi connectivity index (χ0n) is 10.8. The van der Waals surface area contributed by atoms with Crippen LogP contribution in [0.5, 0.6) is 0 Å². The molecule has 2 aromatic rings. The second kappa shape index (κ2) is 6.81. The summed E-state index contributed by atoms with van der Waals surface area (Å²) in [5.41, 5.74) is 7.87. The van der Waals surface area contributed by atoms with Crippen molar-refractivity contribution in [3.05, 3.63) is 66.0 Å². The van der Waals surface area contributed by atoms with Crippen LogP contribution in [0.3, 0.4) is 0 Å². The number of nitrogens with zero attached hydrogens (tertiary/aromatic N) is 1. The summed E-state index contributed by atoms with van der Waals surface area (Å²) >= 11 is 0. The van der Waals surface area contributed by atoms with E-state index in [4.69, 9.17) is 5.73 Å². The molecular weight excluding hydrogens is 236 g/mol. The number of carbonyl (C=O) groups excluding carboxylic acids is 1. The van der Waals surface area contributed by atoms with Gasteiger partial charge in [-0.25, -0.2) is 0 Å². The molecule has 1 atom stereocenters. The highest BCUT2D eigenvalue weighted by Gasteiger charge is 2.18. The van der Waals surface area contributed by atoms with Crippen molar-refractivity contribution >= 4 is 5.78 Å². The van der Waals surface area contributed by atoms with Crippen molar-refractivity contribution in [1.82, 2.24) is 4.98 Å². The standard InChI is InChI=1S/C16H18N2O/c17-12-15(14-8-10-18-11-9-14)16(19)7-6-13-4-2-1-3-5-13/h1-5,8-11,15H,6-7,12,17H2/t15-/m0/s1. The molecule has 0 aliphatic heterocycles. The molecule has 0 spiro atoms. The molecule has 1 aromatic heterocycles. The summed E-state index contributed by atoms with van der Waals surface area (Å²) in [5.74, 6) is -0.0238. The Hall–Kier alpha value is -2.00. The quantitative estimate of drug-likeness (QED) is 0.860. The average molecular weight is 254 g/mol. The molecule has 2 N–H and O–H groups in total. The molecular formula is C16H18N2O. The topological polar surface area (TPSA) is 56.0 Å². The number of Topliss-reactive ketones (excluding diaryl/α,β-unsaturated/α-hetero) is 1. The van der Waals surface area contributed by atoms with Crippen LogP contribution >= 0.6 is 0 Å². The van der Waals surface area contributed by atoms with Gasteiger partial charge in [0.25, 0.3) is 0 Å². The van der Waals surface area contributed by atoms with Gasteiger partial charge in [-0.05, 0) is 29.7 Å². The van der Waals surface area contributed by atoms with Crippen molar-refractivity contribution in [2.75, 3.05) is 6.54 Å². The van der Waals surface area contributed by atoms with E-state index in [1.165, 1.54) is 5.56 Å². The summed E-state index contributed by atoms with van der Waals surface area (Å²) in [6.07, 6.45) is 4.68. The predicted molar refractivity (Wildman–Crippen MR) is 75.8 cm³/mol. The van der Waals surface area contributed by atoms with Crippen LogP contribution in [0.2, 0.25) is 0 Å². The molecule has 0 radical (unpaired) electrons. The zero-order chi connectivity index (χ0) is 13.5. The fourth-order valence-corrected chi connectivity index (χ4v) is 2.14. The van der Waals surface area contributed by atoms with Crippen LogP contribution in [-0.4, -0.2) is 17.3 Å². The first-order chi connectivity index (χ1) is 9.31. The lowest BCUT2D eigenvalue weighted by atomic mass is 9.92. The van der Waals surface area contributed by atoms with Crippen LogP contribution < -0.4 is 5.73 Å². The Morgan fingerprint density at radius 3 is 2.42 bits per heavy atom. The van der Waals surface area contributed by atoms with E-state index < -0.39 is 0 Å². The molecule has 0 saturated carbocycles. The van der Waals surface area contributed by atoms with Crippen molar-refractivity contribution in [3.8, 4) is 0 Å². The highest BCUT2D eigenvalue weighted by atomic mass is 16.1. The molecule has 3 nitrogen and oxygen atoms in total. The predicted octanol–water partition coefficient (Wildman–Crippen LogP) is 2.33. The third kappa shape index (κ3) is 3.73. The van der Waals surface area contributed by atoms with Crippen LogP contribution in [0, 0.1) is 0 Å². The van der Waals surface area contributed by atoms with E-state index in [2.05, 4.69) is 4.98 Å². The molecule has 0 saturated heterocycles. The summed E-state index contributed by atoms with van der Waals surface area (Å²) in [6, 6.07) is 13.8. The minimum atomic E-state index is -0.216. The smallest absolute Gasteiger partial charge is 0.141 e. The van der Waals surface area contributed by atoms with Gasteiger partial charge in [0.1, 0.15) is 5.78 Å². The molecule has 19 heavy (non-hydrogen) atoms. The number of aromatic nitrogens is 1. The lowest BCUT2D eigenvalue weighted by molar-refractivity contribution is -0.120. The zero-order valence-corrected chi connectivity index (χ0v) is 10.8. The number of hydrogen-bond donors (Lipinski definition) is 1. The Morgan fingerprint density at radius 2 is 1.79 bits per heavy atom. The first-order valence-corrected chi connectivity index (χ1v) is 6.48. The first-order valence-electron chi connectivity index (χ1n) is 6.48. The van der Waals surface area contributed by atoms with Crippen molar-refractivity contribution in [1.29, 1.82) is 0 Å². The SMILES string of the molecule is NC[C@H](C(=O)CCc1ccccc1)c1ccncc1. The maximum atomic E-state index is 12.2. The number of pyridine rings is 1. The Kier molecular flexibility index (Phi) is 4.81. The molecule has 0 unspecified atom stereocenters. The summed E-state index contributed by atoms with van der Waals surface area (Å²) in [6.45, 7) is 0.345. The van der Waals surface area contributed by atoms with Gasteiger partial charge in [-0.2, -0.15) is 0 Å². The lowest BCUT2D eigenvalue weighted by Crippen LogP contribution is -2.22. The van der Waals surface area contributed by atoms with Gasteiger partial charge in [-0.3, -0.25) is 9.78 Å². The fourth-order valence-electron chi connectivity index (χ4n) is 2.14. The molecule has 1 heterocycles. The van der Waals surface area contributed by atoms with Gasteiger partial charge in [-0.15, -0.1) is 0 Å². The summed E-state index contributed by atoms with van der Waals surface area (Å²) in [5, 5.41) is 0. The van der Waals surface area contributed by atoms with Crippen LogP contribution in [0.1, 0.15) is 23.5 Å². The van der Waals surface area contributed by atoms with Gasteiger partial charge in [0.15, 0.2) is 0 Å². The number of aryl methyl sites for hydroxylation is 1. The van der Waals surface area contributed by atoms with E-state index in [-0.39, 0.29) is 11.7 Å². The van der Waals surface area contributed by atoms with E-state index in [1.54, 1.807) is 12.4 Å². The van der Waals surface area contributed by atoms with Crippen LogP contribution in [0.4, 0.5) is 0 Å². The summed E-state index contributed by atoms with van der Waals surface area (Å²) < 4.78 is 0. The average Bonchev–Trinajstić information content (AvgIpc) is 2.48. The molecule has 0 bridgehead atoms. The molecule has 0 aliphatic carbocycles. The molecule has 98 valence electrons. The maximum Gasteiger partial charge on any atom is 0.141 e. The summed E-state index contributed by atoms with van der Waals surface area (Å²) in [4.78, 5) is 16.2. The normalized spacial score (nSPS) is 12.1. The largest absolute Gasteiger partial charge is 0.329 e. The van der Waals surface area contributed by atoms with Gasteiger partial charge < -0.3 is 5.73 Å². The molecule has 2 rings (SSSR count). The van der Waals surface area contributed by atoms with Gasteiger partial charge >= 0.3 is 0 Å². The van der Waals surface area contributed by atoms with Crippen molar-refractivity contribution in [2.24, 2.45) is 5.73 Å². The number of ketones is 1. The summed E-state index contributed by atoms with van der Waals surface area (Å²) in [7, 11) is 0. The minimum Gasteiger partial charge on any atom is -0.329 e. The molecule has 1 aromatic carbocycles. The number of hydrogen-bond acceptors (Lipinski definition) is 3. The van der Waals surface area contributed by atoms with Gasteiger partial charge in [-0.1, -0.05) is 30.3 Å². The Labute approximate surface area is 113 Å². The second-order valence-electron chi connectivity index (χ2n) is 4.52. The van der Waals surface area contributed by atoms with Gasteiger partial charge in [0.2, 0.25) is 0 Å². The molecule has 0 fully saturated rings. The van der Waals surface area contributed by atoms with E-state index >= 15 is 0 Å². The highest BCUT2D eigenvalue weighted by molar-refractivity contribution is 5.86. The maximum absolute atomic E-state index is 12.2. The van der Waals surface area contributed by atoms with Crippen molar-refractivity contribution in [2.45, 2.75) is 18.8 Å². The molecule has 3 heteroatoms. The minimum absolute atomic E-state index is 0.192. The van der Waals surface area contributed by atoms with E-state index in [0.717, 1.165) is 12.0 Å². The third-order valence-corrected chi connectivity index (χ3v) is 3.24. The van der Waals surface area contributed by atoms with Crippen LogP contribution in [0.25, 0.3) is 0 Å². The van der Waals surface area contributed by atoms with E-state index in [9.17, 15) is 4.79 Å². The van der Waals surface area contributed by atoms with Gasteiger partial charge in [0.05, 0.1) is 5.92 Å². The van der Waals surface area contributed by atoms with Crippen molar-refractivity contribution in [3.63, 3.8) is 0 Å². The fraction of sp³-hybridized carbons (Fsp3) is 0.250. The third-order valence-electron chi connectivity index (χ3n) is 3.24. The van der Waals surface area contributed by atoms with Crippen LogP contribution in [0.15, 0.2) is 54.9 Å².